The Morgan fingerprint density at radius 1 is 1.09 bits per heavy atom. The number of Topliss-reactive ketones (excluding diaryl/α,β-unsaturated/α-hetero) is 1. The monoisotopic (exact) mass is 492 g/mol. The summed E-state index contributed by atoms with van der Waals surface area (Å²) in [5.74, 6) is 0.00837. The summed E-state index contributed by atoms with van der Waals surface area (Å²) in [6.45, 7) is 2.51. The Labute approximate surface area is 195 Å². The van der Waals surface area contributed by atoms with Crippen molar-refractivity contribution in [2.45, 2.75) is 17.0 Å². The molecule has 1 fully saturated rings. The molecule has 0 saturated carbocycles. The van der Waals surface area contributed by atoms with Crippen LogP contribution in [-0.4, -0.2) is 71.2 Å². The van der Waals surface area contributed by atoms with E-state index in [1.807, 2.05) is 6.07 Å². The fourth-order valence-corrected chi connectivity index (χ4v) is 5.82. The molecule has 0 aliphatic carbocycles. The Morgan fingerprint density at radius 3 is 2.44 bits per heavy atom. The number of aromatic amines is 1. The molecule has 2 aromatic carbocycles. The number of imidazole rings is 1. The van der Waals surface area contributed by atoms with Gasteiger partial charge in [0.05, 0.1) is 21.7 Å². The number of hydrogen-bond donors (Lipinski definition) is 1. The van der Waals surface area contributed by atoms with Gasteiger partial charge in [0.1, 0.15) is 0 Å². The van der Waals surface area contributed by atoms with Gasteiger partial charge in [-0.05, 0) is 37.3 Å². The van der Waals surface area contributed by atoms with Crippen LogP contribution in [0.1, 0.15) is 17.3 Å². The molecular weight excluding hydrogens is 472 g/mol. The van der Waals surface area contributed by atoms with E-state index in [2.05, 4.69) is 9.97 Å². The van der Waals surface area contributed by atoms with Gasteiger partial charge >= 0.3 is 0 Å². The Kier molecular flexibility index (Phi) is 6.57. The number of halogens is 1. The molecule has 1 aliphatic rings. The number of H-pyrrole nitrogens is 1. The van der Waals surface area contributed by atoms with E-state index in [1.54, 1.807) is 17.0 Å². The van der Waals surface area contributed by atoms with Gasteiger partial charge in [0, 0.05) is 36.8 Å². The number of thioether (sulfide) groups is 1. The van der Waals surface area contributed by atoms with Gasteiger partial charge in [-0.15, -0.1) is 0 Å². The lowest BCUT2D eigenvalue weighted by atomic mass is 10.2. The van der Waals surface area contributed by atoms with Gasteiger partial charge in [-0.1, -0.05) is 35.5 Å². The lowest BCUT2D eigenvalue weighted by Gasteiger charge is -2.34. The summed E-state index contributed by atoms with van der Waals surface area (Å²) in [6.07, 6.45) is 0. The third kappa shape index (κ3) is 4.83. The Bertz CT molecular complexity index is 1270. The summed E-state index contributed by atoms with van der Waals surface area (Å²) >= 11 is 7.28. The first kappa shape index (κ1) is 22.8. The second-order valence-corrected chi connectivity index (χ2v) is 10.7. The molecule has 8 nitrogen and oxygen atoms in total. The molecule has 4 rings (SSSR count). The van der Waals surface area contributed by atoms with Gasteiger partial charge in [-0.25, -0.2) is 13.4 Å². The van der Waals surface area contributed by atoms with Gasteiger partial charge in [0.15, 0.2) is 10.9 Å². The molecule has 32 heavy (non-hydrogen) atoms. The SMILES string of the molecule is CC(=O)c1ccc(S(=O)(=O)N2CCN(C(=O)CSc3nc4ccc(Cl)cc4[nH]3)CC2)cc1. The summed E-state index contributed by atoms with van der Waals surface area (Å²) in [5.41, 5.74) is 2.05. The van der Waals surface area contributed by atoms with Crippen LogP contribution in [0, 0.1) is 0 Å². The molecule has 1 amide bonds. The maximum atomic E-state index is 12.9. The molecular formula is C21H21ClN4O4S2. The first-order chi connectivity index (χ1) is 15.2. The lowest BCUT2D eigenvalue weighted by Crippen LogP contribution is -2.50. The van der Waals surface area contributed by atoms with Gasteiger partial charge in [-0.2, -0.15) is 4.31 Å². The number of nitrogens with one attached hydrogen (secondary N) is 1. The summed E-state index contributed by atoms with van der Waals surface area (Å²) < 4.78 is 27.1. The molecule has 3 aromatic rings. The van der Waals surface area contributed by atoms with Gasteiger partial charge < -0.3 is 9.88 Å². The van der Waals surface area contributed by atoms with Crippen molar-refractivity contribution in [1.82, 2.24) is 19.2 Å². The van der Waals surface area contributed by atoms with Crippen molar-refractivity contribution in [2.24, 2.45) is 0 Å². The average molecular weight is 493 g/mol. The smallest absolute Gasteiger partial charge is 0.243 e. The standard InChI is InChI=1S/C21H21ClN4O4S2/c1-14(27)15-2-5-17(6-3-15)32(29,30)26-10-8-25(9-11-26)20(28)13-31-21-23-18-7-4-16(22)12-19(18)24-21/h2-7,12H,8-11,13H2,1H3,(H,23,24). The van der Waals surface area contributed by atoms with Crippen LogP contribution in [0.5, 0.6) is 0 Å². The molecule has 0 atom stereocenters. The van der Waals surface area contributed by atoms with Crippen molar-refractivity contribution < 1.29 is 18.0 Å². The number of piperazine rings is 1. The van der Waals surface area contributed by atoms with Gasteiger partial charge in [0.2, 0.25) is 15.9 Å². The molecule has 1 N–H and O–H groups in total. The maximum absolute atomic E-state index is 12.9. The van der Waals surface area contributed by atoms with Crippen LogP contribution < -0.4 is 0 Å². The van der Waals surface area contributed by atoms with E-state index in [0.29, 0.717) is 28.8 Å². The quantitative estimate of drug-likeness (QED) is 0.419. The molecule has 11 heteroatoms. The van der Waals surface area contributed by atoms with E-state index in [9.17, 15) is 18.0 Å². The molecule has 0 spiro atoms. The fourth-order valence-electron chi connectivity index (χ4n) is 3.44. The Balaban J connectivity index is 1.33. The first-order valence-corrected chi connectivity index (χ1v) is 12.7. The number of aromatic nitrogens is 2. The van der Waals surface area contributed by atoms with Crippen LogP contribution in [0.2, 0.25) is 5.02 Å². The summed E-state index contributed by atoms with van der Waals surface area (Å²) in [7, 11) is -3.67. The zero-order valence-corrected chi connectivity index (χ0v) is 19.6. The molecule has 2 heterocycles. The highest BCUT2D eigenvalue weighted by molar-refractivity contribution is 7.99. The zero-order chi connectivity index (χ0) is 22.9. The van der Waals surface area contributed by atoms with Gasteiger partial charge in [0.25, 0.3) is 0 Å². The van der Waals surface area contributed by atoms with Crippen LogP contribution in [0.4, 0.5) is 0 Å². The molecule has 0 bridgehead atoms. The number of nitrogens with zero attached hydrogens (tertiary/aromatic N) is 3. The normalized spacial score (nSPS) is 15.2. The summed E-state index contributed by atoms with van der Waals surface area (Å²) in [5, 5.41) is 1.24. The summed E-state index contributed by atoms with van der Waals surface area (Å²) in [4.78, 5) is 33.4. The number of fused-ring (bicyclic) bond motifs is 1. The minimum Gasteiger partial charge on any atom is -0.339 e. The van der Waals surface area contributed by atoms with Gasteiger partial charge in [-0.3, -0.25) is 9.59 Å². The minimum atomic E-state index is -3.67. The van der Waals surface area contributed by atoms with E-state index in [1.165, 1.54) is 47.3 Å². The topological polar surface area (TPSA) is 103 Å². The van der Waals surface area contributed by atoms with Crippen LogP contribution in [0.15, 0.2) is 52.5 Å². The number of benzene rings is 2. The first-order valence-electron chi connectivity index (χ1n) is 9.91. The van der Waals surface area contributed by atoms with Crippen LogP contribution in [0.3, 0.4) is 0 Å². The van der Waals surface area contributed by atoms with Crippen LogP contribution >= 0.6 is 23.4 Å². The number of carbonyl (C=O) groups excluding carboxylic acids is 2. The molecule has 0 radical (unpaired) electrons. The Morgan fingerprint density at radius 2 is 1.78 bits per heavy atom. The lowest BCUT2D eigenvalue weighted by molar-refractivity contribution is -0.129. The third-order valence-corrected chi connectivity index (χ3v) is 8.25. The van der Waals surface area contributed by atoms with E-state index < -0.39 is 10.0 Å². The highest BCUT2D eigenvalue weighted by Crippen LogP contribution is 2.23. The fraction of sp³-hybridized carbons (Fsp3) is 0.286. The third-order valence-electron chi connectivity index (χ3n) is 5.24. The number of hydrogen-bond acceptors (Lipinski definition) is 6. The molecule has 1 aromatic heterocycles. The largest absolute Gasteiger partial charge is 0.339 e. The van der Waals surface area contributed by atoms with Crippen molar-refractivity contribution in [1.29, 1.82) is 0 Å². The second-order valence-electron chi connectivity index (χ2n) is 7.36. The van der Waals surface area contributed by atoms with Crippen molar-refractivity contribution in [2.75, 3.05) is 31.9 Å². The predicted molar refractivity (Wildman–Crippen MR) is 124 cm³/mol. The minimum absolute atomic E-state index is 0.0728. The number of carbonyl (C=O) groups is 2. The van der Waals surface area contributed by atoms with Crippen molar-refractivity contribution in [3.63, 3.8) is 0 Å². The highest BCUT2D eigenvalue weighted by Gasteiger charge is 2.30. The number of amides is 1. The van der Waals surface area contributed by atoms with Crippen molar-refractivity contribution in [3.8, 4) is 0 Å². The maximum Gasteiger partial charge on any atom is 0.243 e. The van der Waals surface area contributed by atoms with Crippen molar-refractivity contribution >= 4 is 56.1 Å². The zero-order valence-electron chi connectivity index (χ0n) is 17.2. The number of sulfonamides is 1. The average Bonchev–Trinajstić information content (AvgIpc) is 3.19. The van der Waals surface area contributed by atoms with E-state index in [0.717, 1.165) is 11.0 Å². The summed E-state index contributed by atoms with van der Waals surface area (Å²) in [6, 6.07) is 11.3. The number of ketones is 1. The van der Waals surface area contributed by atoms with E-state index in [-0.39, 0.29) is 35.4 Å². The van der Waals surface area contributed by atoms with Crippen LogP contribution in [0.25, 0.3) is 11.0 Å². The molecule has 168 valence electrons. The number of rotatable bonds is 6. The van der Waals surface area contributed by atoms with Crippen molar-refractivity contribution in [3.05, 3.63) is 53.1 Å². The Hall–Kier alpha value is -2.40. The molecule has 1 aliphatic heterocycles. The predicted octanol–water partition coefficient (Wildman–Crippen LogP) is 3.04. The molecule has 1 saturated heterocycles. The highest BCUT2D eigenvalue weighted by atomic mass is 35.5. The van der Waals surface area contributed by atoms with E-state index >= 15 is 0 Å². The van der Waals surface area contributed by atoms with Crippen LogP contribution in [-0.2, 0) is 14.8 Å². The van der Waals surface area contributed by atoms with E-state index in [4.69, 9.17) is 11.6 Å². The molecule has 0 unspecified atom stereocenters. The second kappa shape index (κ2) is 9.22.